The van der Waals surface area contributed by atoms with Crippen molar-refractivity contribution < 1.29 is 4.79 Å². The number of hydrogen-bond acceptors (Lipinski definition) is 3. The molecule has 0 radical (unpaired) electrons. The van der Waals surface area contributed by atoms with Crippen LogP contribution in [-0.4, -0.2) is 35.4 Å². The second-order valence-electron chi connectivity index (χ2n) is 4.28. The molecule has 2 heterocycles. The highest BCUT2D eigenvalue weighted by Gasteiger charge is 2.26. The van der Waals surface area contributed by atoms with Gasteiger partial charge in [0, 0.05) is 25.0 Å². The first-order valence-corrected chi connectivity index (χ1v) is 5.63. The van der Waals surface area contributed by atoms with E-state index in [1.165, 1.54) is 0 Å². The molecule has 0 saturated carbocycles. The van der Waals surface area contributed by atoms with Crippen LogP contribution in [0.25, 0.3) is 0 Å². The quantitative estimate of drug-likeness (QED) is 0.800. The lowest BCUT2D eigenvalue weighted by Gasteiger charge is -2.17. The molecule has 16 heavy (non-hydrogen) atoms. The highest BCUT2D eigenvalue weighted by molar-refractivity contribution is 5.95. The second-order valence-corrected chi connectivity index (χ2v) is 4.28. The third-order valence-corrected chi connectivity index (χ3v) is 3.14. The van der Waals surface area contributed by atoms with Gasteiger partial charge in [-0.25, -0.2) is 0 Å². The Hall–Kier alpha value is -1.42. The highest BCUT2D eigenvalue weighted by Crippen LogP contribution is 2.18. The van der Waals surface area contributed by atoms with E-state index in [0.29, 0.717) is 18.0 Å². The predicted molar refractivity (Wildman–Crippen MR) is 62.0 cm³/mol. The summed E-state index contributed by atoms with van der Waals surface area (Å²) in [5.41, 5.74) is 7.12. The van der Waals surface area contributed by atoms with Gasteiger partial charge in [0.15, 0.2) is 0 Å². The average Bonchev–Trinajstić information content (AvgIpc) is 2.77. The van der Waals surface area contributed by atoms with Crippen LogP contribution in [0.1, 0.15) is 22.5 Å². The predicted octanol–water partition coefficient (Wildman–Crippen LogP) is 0.811. The fraction of sp³-hybridized carbons (Fsp3) is 0.500. The summed E-state index contributed by atoms with van der Waals surface area (Å²) < 4.78 is 0. The maximum absolute atomic E-state index is 12.2. The number of nitrogens with two attached hydrogens (primary N) is 1. The van der Waals surface area contributed by atoms with E-state index < -0.39 is 0 Å². The molecule has 1 amide bonds. The first-order chi connectivity index (χ1) is 7.72. The van der Waals surface area contributed by atoms with E-state index in [2.05, 4.69) is 4.98 Å². The number of aryl methyl sites for hydroxylation is 1. The molecule has 1 aromatic heterocycles. The van der Waals surface area contributed by atoms with Gasteiger partial charge in [-0.15, -0.1) is 0 Å². The summed E-state index contributed by atoms with van der Waals surface area (Å²) in [5.74, 6) is 0.544. The molecule has 1 atom stereocenters. The zero-order chi connectivity index (χ0) is 11.5. The number of carbonyl (C=O) groups is 1. The molecular formula is C12H17N3O. The molecule has 2 N–H and O–H groups in total. The Morgan fingerprint density at radius 3 is 3.12 bits per heavy atom. The van der Waals surface area contributed by atoms with E-state index in [0.717, 1.165) is 25.2 Å². The smallest absolute Gasteiger partial charge is 0.255 e. The van der Waals surface area contributed by atoms with Crippen LogP contribution >= 0.6 is 0 Å². The van der Waals surface area contributed by atoms with Gasteiger partial charge >= 0.3 is 0 Å². The van der Waals surface area contributed by atoms with Crippen molar-refractivity contribution >= 4 is 5.91 Å². The molecule has 1 saturated heterocycles. The van der Waals surface area contributed by atoms with E-state index in [4.69, 9.17) is 5.73 Å². The molecule has 1 aliphatic heterocycles. The van der Waals surface area contributed by atoms with E-state index in [1.54, 1.807) is 12.3 Å². The lowest BCUT2D eigenvalue weighted by atomic mass is 10.1. The Bertz CT molecular complexity index is 392. The average molecular weight is 219 g/mol. The zero-order valence-corrected chi connectivity index (χ0v) is 9.52. The van der Waals surface area contributed by atoms with Gasteiger partial charge in [-0.1, -0.05) is 0 Å². The minimum Gasteiger partial charge on any atom is -0.338 e. The third kappa shape index (κ3) is 2.07. The summed E-state index contributed by atoms with van der Waals surface area (Å²) in [7, 11) is 0. The van der Waals surface area contributed by atoms with Crippen LogP contribution in [0.5, 0.6) is 0 Å². The molecule has 0 bridgehead atoms. The Labute approximate surface area is 95.5 Å². The fourth-order valence-electron chi connectivity index (χ4n) is 2.09. The largest absolute Gasteiger partial charge is 0.338 e. The van der Waals surface area contributed by atoms with Gasteiger partial charge < -0.3 is 10.6 Å². The first kappa shape index (κ1) is 11.1. The number of aromatic nitrogens is 1. The molecule has 1 unspecified atom stereocenters. The molecule has 0 spiro atoms. The van der Waals surface area contributed by atoms with Gasteiger partial charge in [0.2, 0.25) is 0 Å². The summed E-state index contributed by atoms with van der Waals surface area (Å²) >= 11 is 0. The molecule has 0 aliphatic carbocycles. The van der Waals surface area contributed by atoms with Crippen LogP contribution in [0.3, 0.4) is 0 Å². The van der Waals surface area contributed by atoms with E-state index in [-0.39, 0.29) is 5.91 Å². The number of nitrogens with zero attached hydrogens (tertiary/aromatic N) is 2. The van der Waals surface area contributed by atoms with Crippen molar-refractivity contribution in [2.24, 2.45) is 11.7 Å². The number of amides is 1. The van der Waals surface area contributed by atoms with Gasteiger partial charge in [-0.2, -0.15) is 0 Å². The lowest BCUT2D eigenvalue weighted by molar-refractivity contribution is 0.0786. The molecular weight excluding hydrogens is 202 g/mol. The lowest BCUT2D eigenvalue weighted by Crippen LogP contribution is -2.30. The van der Waals surface area contributed by atoms with Crippen LogP contribution in [-0.2, 0) is 0 Å². The Kier molecular flexibility index (Phi) is 3.19. The molecule has 86 valence electrons. The summed E-state index contributed by atoms with van der Waals surface area (Å²) in [6.07, 6.45) is 2.72. The summed E-state index contributed by atoms with van der Waals surface area (Å²) in [6, 6.07) is 3.64. The first-order valence-electron chi connectivity index (χ1n) is 5.63. The fourth-order valence-corrected chi connectivity index (χ4v) is 2.09. The Morgan fingerprint density at radius 1 is 1.69 bits per heavy atom. The zero-order valence-electron chi connectivity index (χ0n) is 9.52. The molecule has 0 aromatic carbocycles. The molecule has 2 rings (SSSR count). The molecule has 1 aliphatic rings. The highest BCUT2D eigenvalue weighted by atomic mass is 16.2. The van der Waals surface area contributed by atoms with Gasteiger partial charge in [0.1, 0.15) is 0 Å². The topological polar surface area (TPSA) is 59.2 Å². The van der Waals surface area contributed by atoms with Crippen LogP contribution in [0.2, 0.25) is 0 Å². The standard InChI is InChI=1S/C12H17N3O/c1-9-11(3-2-5-14-9)12(16)15-6-4-10(7-13)8-15/h2-3,5,10H,4,6-8,13H2,1H3. The van der Waals surface area contributed by atoms with Gasteiger partial charge in [-0.05, 0) is 37.9 Å². The monoisotopic (exact) mass is 219 g/mol. The Balaban J connectivity index is 2.12. The SMILES string of the molecule is Cc1ncccc1C(=O)N1CCC(CN)C1. The number of carbonyl (C=O) groups excluding carboxylic acids is 1. The van der Waals surface area contributed by atoms with Crippen molar-refractivity contribution in [3.63, 3.8) is 0 Å². The third-order valence-electron chi connectivity index (χ3n) is 3.14. The van der Waals surface area contributed by atoms with Crippen molar-refractivity contribution in [3.05, 3.63) is 29.6 Å². The van der Waals surface area contributed by atoms with Gasteiger partial charge in [0.25, 0.3) is 5.91 Å². The van der Waals surface area contributed by atoms with Crippen molar-refractivity contribution in [3.8, 4) is 0 Å². The molecule has 4 nitrogen and oxygen atoms in total. The molecule has 4 heteroatoms. The van der Waals surface area contributed by atoms with Crippen molar-refractivity contribution in [1.29, 1.82) is 0 Å². The Morgan fingerprint density at radius 2 is 2.50 bits per heavy atom. The maximum Gasteiger partial charge on any atom is 0.255 e. The van der Waals surface area contributed by atoms with E-state index in [1.807, 2.05) is 17.9 Å². The van der Waals surface area contributed by atoms with Crippen molar-refractivity contribution in [2.45, 2.75) is 13.3 Å². The normalized spacial score (nSPS) is 20.1. The number of likely N-dealkylation sites (tertiary alicyclic amines) is 1. The van der Waals surface area contributed by atoms with Crippen LogP contribution in [0.15, 0.2) is 18.3 Å². The molecule has 1 aromatic rings. The second kappa shape index (κ2) is 4.61. The minimum absolute atomic E-state index is 0.0848. The van der Waals surface area contributed by atoms with Gasteiger partial charge in [0.05, 0.1) is 5.56 Å². The molecule has 1 fully saturated rings. The number of rotatable bonds is 2. The van der Waals surface area contributed by atoms with E-state index in [9.17, 15) is 4.79 Å². The van der Waals surface area contributed by atoms with Gasteiger partial charge in [-0.3, -0.25) is 9.78 Å². The van der Waals surface area contributed by atoms with Crippen molar-refractivity contribution in [2.75, 3.05) is 19.6 Å². The minimum atomic E-state index is 0.0848. The van der Waals surface area contributed by atoms with Crippen LogP contribution < -0.4 is 5.73 Å². The summed E-state index contributed by atoms with van der Waals surface area (Å²) in [5, 5.41) is 0. The summed E-state index contributed by atoms with van der Waals surface area (Å²) in [6.45, 7) is 4.12. The number of hydrogen-bond donors (Lipinski definition) is 1. The van der Waals surface area contributed by atoms with Crippen molar-refractivity contribution in [1.82, 2.24) is 9.88 Å². The summed E-state index contributed by atoms with van der Waals surface area (Å²) in [4.78, 5) is 18.2. The maximum atomic E-state index is 12.2. The van der Waals surface area contributed by atoms with Crippen LogP contribution in [0.4, 0.5) is 0 Å². The number of pyridine rings is 1. The van der Waals surface area contributed by atoms with Crippen LogP contribution in [0, 0.1) is 12.8 Å². The van der Waals surface area contributed by atoms with E-state index >= 15 is 0 Å².